The van der Waals surface area contributed by atoms with Gasteiger partial charge in [0.05, 0.1) is 13.2 Å². The van der Waals surface area contributed by atoms with E-state index in [1.165, 1.54) is 37.2 Å². The largest absolute Gasteiger partial charge is 0.385 e. The fourth-order valence-electron chi connectivity index (χ4n) is 2.32. The van der Waals surface area contributed by atoms with Crippen molar-refractivity contribution in [2.45, 2.75) is 59.3 Å². The molecule has 144 valence electrons. The first-order chi connectivity index (χ1) is 11.7. The van der Waals surface area contributed by atoms with Crippen LogP contribution in [0.5, 0.6) is 0 Å². The molecule has 0 radical (unpaired) electrons. The first kappa shape index (κ1) is 25.3. The summed E-state index contributed by atoms with van der Waals surface area (Å²) in [6, 6.07) is 0. The summed E-state index contributed by atoms with van der Waals surface area (Å²) >= 11 is 0. The summed E-state index contributed by atoms with van der Waals surface area (Å²) in [6.45, 7) is 11.0. The molecule has 1 fully saturated rings. The van der Waals surface area contributed by atoms with Crippen molar-refractivity contribution in [1.29, 1.82) is 0 Å². The molecule has 0 heterocycles. The van der Waals surface area contributed by atoms with Crippen LogP contribution in [0.1, 0.15) is 59.3 Å². The van der Waals surface area contributed by atoms with Crippen LogP contribution in [0.2, 0.25) is 0 Å². The third-order valence-electron chi connectivity index (χ3n) is 3.68. The van der Waals surface area contributed by atoms with Crippen molar-refractivity contribution in [2.75, 3.05) is 40.1 Å². The number of carbonyl (C=O) groups is 2. The highest BCUT2D eigenvalue weighted by molar-refractivity contribution is 5.71. The molecule has 0 aromatic rings. The van der Waals surface area contributed by atoms with E-state index in [-0.39, 0.29) is 5.91 Å². The zero-order valence-electron chi connectivity index (χ0n) is 16.1. The van der Waals surface area contributed by atoms with Gasteiger partial charge in [0, 0.05) is 33.9 Å². The lowest BCUT2D eigenvalue weighted by molar-refractivity contribution is -0.190. The number of hydrogen-bond acceptors (Lipinski definition) is 5. The van der Waals surface area contributed by atoms with Gasteiger partial charge in [-0.1, -0.05) is 19.3 Å². The molecule has 0 bridgehead atoms. The minimum absolute atomic E-state index is 0.0118. The van der Waals surface area contributed by atoms with E-state index in [1.807, 2.05) is 20.6 Å². The maximum absolute atomic E-state index is 11.4. The Morgan fingerprint density at radius 2 is 1.71 bits per heavy atom. The fourth-order valence-corrected chi connectivity index (χ4v) is 2.32. The maximum Gasteiger partial charge on any atom is 0.242 e. The third kappa shape index (κ3) is 15.9. The van der Waals surface area contributed by atoms with Crippen LogP contribution in [-0.2, 0) is 23.9 Å². The standard InChI is InChI=1S/C14H27NO3.C3H8O.CH2O/c1-3-17-11-7-10-15(13(2)16)18-12-14-8-5-4-6-9-14;1-3-4-2;1-2/h14H,3-12H2,1-2H3;3H2,1-2H3;1H2. The average molecular weight is 347 g/mol. The predicted octanol–water partition coefficient (Wildman–Crippen LogP) is 3.24. The molecule has 0 aromatic heterocycles. The summed E-state index contributed by atoms with van der Waals surface area (Å²) in [4.78, 5) is 25.1. The van der Waals surface area contributed by atoms with E-state index in [0.29, 0.717) is 25.7 Å². The van der Waals surface area contributed by atoms with E-state index in [2.05, 4.69) is 4.74 Å². The van der Waals surface area contributed by atoms with Crippen molar-refractivity contribution in [1.82, 2.24) is 5.06 Å². The lowest BCUT2D eigenvalue weighted by Gasteiger charge is -2.26. The SMILES string of the molecule is C=O.CCOC.CCOCCCN(OCC1CCCCC1)C(C)=O. The number of ether oxygens (including phenoxy) is 2. The monoisotopic (exact) mass is 347 g/mol. The molecule has 1 aliphatic carbocycles. The van der Waals surface area contributed by atoms with Crippen molar-refractivity contribution < 1.29 is 23.9 Å². The molecule has 1 amide bonds. The van der Waals surface area contributed by atoms with Gasteiger partial charge in [0.25, 0.3) is 0 Å². The van der Waals surface area contributed by atoms with E-state index in [0.717, 1.165) is 19.6 Å². The number of nitrogens with zero attached hydrogens (tertiary/aromatic N) is 1. The molecule has 0 spiro atoms. The summed E-state index contributed by atoms with van der Waals surface area (Å²) in [5.74, 6) is 0.620. The number of methoxy groups -OCH3 is 1. The molecule has 0 saturated heterocycles. The van der Waals surface area contributed by atoms with Gasteiger partial charge in [-0.15, -0.1) is 0 Å². The number of amides is 1. The highest BCUT2D eigenvalue weighted by Gasteiger charge is 2.16. The molecule has 0 unspecified atom stereocenters. The fraction of sp³-hybridized carbons (Fsp3) is 0.889. The molecule has 1 rings (SSSR count). The van der Waals surface area contributed by atoms with Crippen molar-refractivity contribution in [2.24, 2.45) is 5.92 Å². The lowest BCUT2D eigenvalue weighted by Crippen LogP contribution is -2.33. The van der Waals surface area contributed by atoms with Gasteiger partial charge in [0.15, 0.2) is 0 Å². The molecule has 1 aliphatic rings. The Morgan fingerprint density at radius 1 is 1.12 bits per heavy atom. The highest BCUT2D eigenvalue weighted by atomic mass is 16.7. The van der Waals surface area contributed by atoms with Crippen molar-refractivity contribution >= 4 is 12.7 Å². The second kappa shape index (κ2) is 20.1. The Balaban J connectivity index is 0. The zero-order valence-corrected chi connectivity index (χ0v) is 16.1. The number of rotatable bonds is 9. The summed E-state index contributed by atoms with van der Waals surface area (Å²) in [5.41, 5.74) is 0. The minimum atomic E-state index is -0.0118. The summed E-state index contributed by atoms with van der Waals surface area (Å²) in [7, 11) is 1.68. The topological polar surface area (TPSA) is 65.1 Å². The van der Waals surface area contributed by atoms with E-state index in [9.17, 15) is 4.79 Å². The van der Waals surface area contributed by atoms with Crippen LogP contribution in [0, 0.1) is 5.92 Å². The Bertz CT molecular complexity index is 268. The van der Waals surface area contributed by atoms with Crippen LogP contribution in [0.4, 0.5) is 0 Å². The zero-order chi connectivity index (χ0) is 18.6. The van der Waals surface area contributed by atoms with E-state index >= 15 is 0 Å². The molecule has 0 aliphatic heterocycles. The minimum Gasteiger partial charge on any atom is -0.385 e. The van der Waals surface area contributed by atoms with E-state index in [1.54, 1.807) is 14.0 Å². The Hall–Kier alpha value is -0.980. The molecular weight excluding hydrogens is 310 g/mol. The van der Waals surface area contributed by atoms with Gasteiger partial charge in [-0.2, -0.15) is 0 Å². The second-order valence-corrected chi connectivity index (χ2v) is 5.55. The number of hydroxylamine groups is 2. The summed E-state index contributed by atoms with van der Waals surface area (Å²) < 4.78 is 9.81. The summed E-state index contributed by atoms with van der Waals surface area (Å²) in [6.07, 6.45) is 7.27. The van der Waals surface area contributed by atoms with Gasteiger partial charge >= 0.3 is 0 Å². The van der Waals surface area contributed by atoms with E-state index < -0.39 is 0 Å². The van der Waals surface area contributed by atoms with Crippen LogP contribution in [-0.4, -0.2) is 57.8 Å². The Kier molecular flexibility index (Phi) is 21.1. The maximum atomic E-state index is 11.4. The average Bonchev–Trinajstić information content (AvgIpc) is 2.63. The molecular formula is C18H37NO5. The van der Waals surface area contributed by atoms with Gasteiger partial charge in [0.1, 0.15) is 6.79 Å². The van der Waals surface area contributed by atoms with Crippen molar-refractivity contribution in [3.05, 3.63) is 0 Å². The van der Waals surface area contributed by atoms with Crippen LogP contribution in [0.15, 0.2) is 0 Å². The number of carbonyl (C=O) groups excluding carboxylic acids is 2. The smallest absolute Gasteiger partial charge is 0.242 e. The molecule has 0 N–H and O–H groups in total. The van der Waals surface area contributed by atoms with Gasteiger partial charge in [-0.25, -0.2) is 5.06 Å². The molecule has 0 atom stereocenters. The molecule has 24 heavy (non-hydrogen) atoms. The summed E-state index contributed by atoms with van der Waals surface area (Å²) in [5, 5.41) is 1.49. The first-order valence-corrected chi connectivity index (χ1v) is 8.92. The van der Waals surface area contributed by atoms with Crippen LogP contribution < -0.4 is 0 Å². The lowest BCUT2D eigenvalue weighted by atomic mass is 9.90. The van der Waals surface area contributed by atoms with Gasteiger partial charge < -0.3 is 14.3 Å². The normalized spacial score (nSPS) is 14.0. The first-order valence-electron chi connectivity index (χ1n) is 8.92. The van der Waals surface area contributed by atoms with Crippen molar-refractivity contribution in [3.8, 4) is 0 Å². The van der Waals surface area contributed by atoms with Gasteiger partial charge in [0.2, 0.25) is 5.91 Å². The number of hydrogen-bond donors (Lipinski definition) is 0. The molecule has 1 saturated carbocycles. The Labute approximate surface area is 147 Å². The van der Waals surface area contributed by atoms with Gasteiger partial charge in [-0.3, -0.25) is 9.63 Å². The van der Waals surface area contributed by atoms with E-state index in [4.69, 9.17) is 14.4 Å². The highest BCUT2D eigenvalue weighted by Crippen LogP contribution is 2.23. The van der Waals surface area contributed by atoms with Crippen LogP contribution in [0.3, 0.4) is 0 Å². The van der Waals surface area contributed by atoms with Crippen molar-refractivity contribution in [3.63, 3.8) is 0 Å². The predicted molar refractivity (Wildman–Crippen MR) is 95.7 cm³/mol. The quantitative estimate of drug-likeness (QED) is 0.473. The Morgan fingerprint density at radius 3 is 2.17 bits per heavy atom. The van der Waals surface area contributed by atoms with Crippen LogP contribution >= 0.6 is 0 Å². The van der Waals surface area contributed by atoms with Gasteiger partial charge in [-0.05, 0) is 39.0 Å². The second-order valence-electron chi connectivity index (χ2n) is 5.55. The molecule has 6 nitrogen and oxygen atoms in total. The van der Waals surface area contributed by atoms with Crippen LogP contribution in [0.25, 0.3) is 0 Å². The third-order valence-corrected chi connectivity index (χ3v) is 3.68. The molecule has 6 heteroatoms. The molecule has 0 aromatic carbocycles.